The molecule has 5 heteroatoms. The zero-order chi connectivity index (χ0) is 20.2. The Labute approximate surface area is 172 Å². The minimum Gasteiger partial charge on any atom is -0.493 e. The van der Waals surface area contributed by atoms with E-state index in [1.165, 1.54) is 0 Å². The topological polar surface area (TPSA) is 58.6 Å². The maximum Gasteiger partial charge on any atom is 0.257 e. The van der Waals surface area contributed by atoms with Gasteiger partial charge in [-0.15, -0.1) is 0 Å². The first-order chi connectivity index (χ1) is 14.2. The average molecular weight is 392 g/mol. The summed E-state index contributed by atoms with van der Waals surface area (Å²) in [4.78, 5) is 28.1. The summed E-state index contributed by atoms with van der Waals surface area (Å²) < 4.78 is 5.89. The van der Waals surface area contributed by atoms with Crippen LogP contribution in [0.25, 0.3) is 0 Å². The second-order valence-corrected chi connectivity index (χ2v) is 7.86. The molecule has 152 valence electrons. The van der Waals surface area contributed by atoms with Crippen molar-refractivity contribution in [2.45, 2.75) is 51.0 Å². The van der Waals surface area contributed by atoms with E-state index in [4.69, 9.17) is 4.74 Å². The van der Waals surface area contributed by atoms with E-state index < -0.39 is 0 Å². The predicted octanol–water partition coefficient (Wildman–Crippen LogP) is 4.60. The Bertz CT molecular complexity index is 881. The van der Waals surface area contributed by atoms with Gasteiger partial charge in [-0.05, 0) is 49.4 Å². The van der Waals surface area contributed by atoms with Gasteiger partial charge in [0.2, 0.25) is 5.91 Å². The predicted molar refractivity (Wildman–Crippen MR) is 113 cm³/mol. The summed E-state index contributed by atoms with van der Waals surface area (Å²) in [6, 6.07) is 15.4. The van der Waals surface area contributed by atoms with Gasteiger partial charge in [0.15, 0.2) is 0 Å². The maximum atomic E-state index is 13.2. The number of fused-ring (bicyclic) bond motifs is 2. The molecular weight excluding hydrogens is 364 g/mol. The van der Waals surface area contributed by atoms with Crippen LogP contribution in [-0.2, 0) is 4.79 Å². The third-order valence-electron chi connectivity index (χ3n) is 6.00. The summed E-state index contributed by atoms with van der Waals surface area (Å²) in [5.41, 5.74) is 2.17. The number of nitrogens with one attached hydrogen (secondary N) is 1. The molecule has 2 aromatic carbocycles. The van der Waals surface area contributed by atoms with Crippen LogP contribution in [0.4, 0.5) is 5.69 Å². The molecule has 4 rings (SSSR count). The molecule has 1 N–H and O–H groups in total. The number of hydrogen-bond acceptors (Lipinski definition) is 3. The standard InChI is InChI=1S/C24H28N2O3/c1-2-20(17-8-4-3-5-9-17)23(27)25-18-11-12-22-21(16-18)24(28)26-14-7-6-10-19(26)13-15-29-22/h3-5,8-9,11-12,16,19-20H,2,6-7,10,13-15H2,1H3,(H,25,27). The molecular formula is C24H28N2O3. The summed E-state index contributed by atoms with van der Waals surface area (Å²) in [7, 11) is 0. The van der Waals surface area contributed by atoms with Gasteiger partial charge < -0.3 is 15.0 Å². The van der Waals surface area contributed by atoms with E-state index in [0.29, 0.717) is 30.0 Å². The number of hydrogen-bond donors (Lipinski definition) is 1. The zero-order valence-corrected chi connectivity index (χ0v) is 16.9. The van der Waals surface area contributed by atoms with Gasteiger partial charge in [0.05, 0.1) is 18.1 Å². The maximum absolute atomic E-state index is 13.2. The van der Waals surface area contributed by atoms with Crippen LogP contribution < -0.4 is 10.1 Å². The summed E-state index contributed by atoms with van der Waals surface area (Å²) in [5.74, 6) is 0.327. The fourth-order valence-electron chi connectivity index (χ4n) is 4.42. The minimum atomic E-state index is -0.225. The second kappa shape index (κ2) is 8.68. The molecule has 0 bridgehead atoms. The van der Waals surface area contributed by atoms with Crippen molar-refractivity contribution in [3.63, 3.8) is 0 Å². The van der Waals surface area contributed by atoms with Gasteiger partial charge in [-0.3, -0.25) is 9.59 Å². The Hall–Kier alpha value is -2.82. The third-order valence-corrected chi connectivity index (χ3v) is 6.00. The molecule has 2 aromatic rings. The molecule has 1 saturated heterocycles. The SMILES string of the molecule is CCC(C(=O)Nc1ccc2c(c1)C(=O)N1CCCCC1CCO2)c1ccccc1. The molecule has 2 heterocycles. The van der Waals surface area contributed by atoms with Crippen LogP contribution in [0.1, 0.15) is 60.9 Å². The number of carbonyl (C=O) groups is 2. The molecule has 0 radical (unpaired) electrons. The number of benzene rings is 2. The first-order valence-corrected chi connectivity index (χ1v) is 10.6. The van der Waals surface area contributed by atoms with Crippen LogP contribution >= 0.6 is 0 Å². The summed E-state index contributed by atoms with van der Waals surface area (Å²) in [5, 5.41) is 3.00. The summed E-state index contributed by atoms with van der Waals surface area (Å²) in [6.45, 7) is 3.41. The number of anilines is 1. The number of piperidine rings is 1. The van der Waals surface area contributed by atoms with Crippen molar-refractivity contribution in [2.24, 2.45) is 0 Å². The molecule has 0 spiro atoms. The van der Waals surface area contributed by atoms with Crippen LogP contribution in [0.2, 0.25) is 0 Å². The summed E-state index contributed by atoms with van der Waals surface area (Å²) >= 11 is 0. The van der Waals surface area contributed by atoms with E-state index in [1.807, 2.05) is 48.2 Å². The van der Waals surface area contributed by atoms with Crippen LogP contribution in [0.15, 0.2) is 48.5 Å². The molecule has 2 unspecified atom stereocenters. The van der Waals surface area contributed by atoms with Crippen molar-refractivity contribution >= 4 is 17.5 Å². The molecule has 2 aliphatic rings. The van der Waals surface area contributed by atoms with Crippen molar-refractivity contribution in [2.75, 3.05) is 18.5 Å². The van der Waals surface area contributed by atoms with Gasteiger partial charge in [-0.1, -0.05) is 37.3 Å². The first kappa shape index (κ1) is 19.5. The zero-order valence-electron chi connectivity index (χ0n) is 16.9. The third kappa shape index (κ3) is 4.14. The van der Waals surface area contributed by atoms with Crippen molar-refractivity contribution in [3.05, 3.63) is 59.7 Å². The lowest BCUT2D eigenvalue weighted by atomic mass is 9.95. The fraction of sp³-hybridized carbons (Fsp3) is 0.417. The first-order valence-electron chi connectivity index (χ1n) is 10.6. The van der Waals surface area contributed by atoms with Crippen LogP contribution in [-0.4, -0.2) is 35.9 Å². The van der Waals surface area contributed by atoms with E-state index in [9.17, 15) is 9.59 Å². The summed E-state index contributed by atoms with van der Waals surface area (Å²) in [6.07, 6.45) is 4.83. The molecule has 29 heavy (non-hydrogen) atoms. The minimum absolute atomic E-state index is 0.00981. The number of carbonyl (C=O) groups excluding carboxylic acids is 2. The molecule has 0 aliphatic carbocycles. The molecule has 0 aromatic heterocycles. The van der Waals surface area contributed by atoms with E-state index in [2.05, 4.69) is 5.32 Å². The quantitative estimate of drug-likeness (QED) is 0.827. The monoisotopic (exact) mass is 392 g/mol. The molecule has 1 fully saturated rings. The Morgan fingerprint density at radius 2 is 2.00 bits per heavy atom. The van der Waals surface area contributed by atoms with E-state index in [-0.39, 0.29) is 23.8 Å². The van der Waals surface area contributed by atoms with E-state index in [1.54, 1.807) is 12.1 Å². The largest absolute Gasteiger partial charge is 0.493 e. The Morgan fingerprint density at radius 1 is 1.17 bits per heavy atom. The highest BCUT2D eigenvalue weighted by Gasteiger charge is 2.31. The Balaban J connectivity index is 1.57. The lowest BCUT2D eigenvalue weighted by Crippen LogP contribution is -2.45. The van der Waals surface area contributed by atoms with Crippen molar-refractivity contribution < 1.29 is 14.3 Å². The highest BCUT2D eigenvalue weighted by atomic mass is 16.5. The highest BCUT2D eigenvalue weighted by Crippen LogP contribution is 2.31. The van der Waals surface area contributed by atoms with Gasteiger partial charge in [0, 0.05) is 24.7 Å². The van der Waals surface area contributed by atoms with Gasteiger partial charge >= 0.3 is 0 Å². The smallest absolute Gasteiger partial charge is 0.257 e. The van der Waals surface area contributed by atoms with E-state index >= 15 is 0 Å². The number of ether oxygens (including phenoxy) is 1. The number of rotatable bonds is 4. The molecule has 2 amide bonds. The van der Waals surface area contributed by atoms with Crippen LogP contribution in [0.5, 0.6) is 5.75 Å². The second-order valence-electron chi connectivity index (χ2n) is 7.86. The molecule has 0 saturated carbocycles. The lowest BCUT2D eigenvalue weighted by Gasteiger charge is -2.37. The van der Waals surface area contributed by atoms with Gasteiger partial charge in [-0.25, -0.2) is 0 Å². The normalized spacial score (nSPS) is 19.8. The Morgan fingerprint density at radius 3 is 2.79 bits per heavy atom. The van der Waals surface area contributed by atoms with Gasteiger partial charge in [0.1, 0.15) is 5.75 Å². The lowest BCUT2D eigenvalue weighted by molar-refractivity contribution is -0.117. The number of nitrogens with zero attached hydrogens (tertiary/aromatic N) is 1. The van der Waals surface area contributed by atoms with Gasteiger partial charge in [0.25, 0.3) is 5.91 Å². The van der Waals surface area contributed by atoms with Gasteiger partial charge in [-0.2, -0.15) is 0 Å². The Kier molecular flexibility index (Phi) is 5.84. The van der Waals surface area contributed by atoms with E-state index in [0.717, 1.165) is 37.8 Å². The fourth-order valence-corrected chi connectivity index (χ4v) is 4.42. The number of amides is 2. The molecule has 2 atom stereocenters. The average Bonchev–Trinajstić information content (AvgIpc) is 2.75. The van der Waals surface area contributed by atoms with Crippen molar-refractivity contribution in [3.8, 4) is 5.75 Å². The highest BCUT2D eigenvalue weighted by molar-refractivity contribution is 6.01. The van der Waals surface area contributed by atoms with Crippen LogP contribution in [0.3, 0.4) is 0 Å². The van der Waals surface area contributed by atoms with Crippen molar-refractivity contribution in [1.82, 2.24) is 4.90 Å². The van der Waals surface area contributed by atoms with Crippen LogP contribution in [0, 0.1) is 0 Å². The van der Waals surface area contributed by atoms with Crippen molar-refractivity contribution in [1.29, 1.82) is 0 Å². The molecule has 5 nitrogen and oxygen atoms in total. The molecule has 2 aliphatic heterocycles.